The molecule has 2 aromatic heterocycles. The minimum atomic E-state index is 0.217. The van der Waals surface area contributed by atoms with Crippen LogP contribution in [0.3, 0.4) is 0 Å². The van der Waals surface area contributed by atoms with Crippen LogP contribution in [0.15, 0.2) is 44.2 Å². The standard InChI is InChI=1S/C23H27N3O2S/c1-15-10-17(3)21(11-16(15)2)22-14-29-23(24-12-19-6-5-9-27-19)26(22)25-13-20-8-7-18(4)28-20/h7-8,10-11,13-14,19H,5-6,9,12H2,1-4H3/b24-23?,25-13-/t19-/m1/s1. The van der Waals surface area contributed by atoms with E-state index in [1.54, 1.807) is 17.6 Å². The van der Waals surface area contributed by atoms with Crippen LogP contribution in [0.2, 0.25) is 0 Å². The Balaban J connectivity index is 1.77. The molecule has 0 saturated carbocycles. The third-order valence-electron chi connectivity index (χ3n) is 5.32. The van der Waals surface area contributed by atoms with Crippen molar-refractivity contribution in [3.05, 3.63) is 62.7 Å². The number of nitrogens with zero attached hydrogens (tertiary/aromatic N) is 3. The molecule has 0 aliphatic carbocycles. The van der Waals surface area contributed by atoms with Crippen LogP contribution in [0.1, 0.15) is 41.1 Å². The Morgan fingerprint density at radius 3 is 2.69 bits per heavy atom. The number of aromatic nitrogens is 1. The van der Waals surface area contributed by atoms with Crippen molar-refractivity contribution in [3.8, 4) is 11.3 Å². The fourth-order valence-corrected chi connectivity index (χ4v) is 4.39. The van der Waals surface area contributed by atoms with Gasteiger partial charge in [0.2, 0.25) is 4.80 Å². The average Bonchev–Trinajstić information content (AvgIpc) is 3.42. The van der Waals surface area contributed by atoms with E-state index in [-0.39, 0.29) is 6.10 Å². The summed E-state index contributed by atoms with van der Waals surface area (Å²) in [5.41, 5.74) is 6.02. The predicted molar refractivity (Wildman–Crippen MR) is 118 cm³/mol. The lowest BCUT2D eigenvalue weighted by Gasteiger charge is -2.10. The topological polar surface area (TPSA) is 52.0 Å². The van der Waals surface area contributed by atoms with Crippen LogP contribution >= 0.6 is 11.3 Å². The maximum atomic E-state index is 5.73. The minimum absolute atomic E-state index is 0.217. The second kappa shape index (κ2) is 8.51. The minimum Gasteiger partial charge on any atom is -0.460 e. The molecule has 6 heteroatoms. The molecule has 0 amide bonds. The van der Waals surface area contributed by atoms with E-state index in [2.05, 4.69) is 38.3 Å². The van der Waals surface area contributed by atoms with Gasteiger partial charge < -0.3 is 9.15 Å². The van der Waals surface area contributed by atoms with E-state index < -0.39 is 0 Å². The smallest absolute Gasteiger partial charge is 0.206 e. The molecule has 3 aromatic rings. The van der Waals surface area contributed by atoms with Gasteiger partial charge in [0.1, 0.15) is 11.5 Å². The van der Waals surface area contributed by atoms with Crippen LogP contribution in [-0.2, 0) is 4.74 Å². The van der Waals surface area contributed by atoms with E-state index in [1.165, 1.54) is 22.3 Å². The molecule has 1 aromatic carbocycles. The van der Waals surface area contributed by atoms with Crippen LogP contribution in [0, 0.1) is 27.7 Å². The molecule has 0 bridgehead atoms. The number of benzene rings is 1. The van der Waals surface area contributed by atoms with Crippen molar-refractivity contribution in [1.29, 1.82) is 0 Å². The van der Waals surface area contributed by atoms with E-state index in [1.807, 2.05) is 23.7 Å². The Morgan fingerprint density at radius 2 is 1.97 bits per heavy atom. The fourth-order valence-electron chi connectivity index (χ4n) is 3.55. The molecule has 1 aliphatic heterocycles. The van der Waals surface area contributed by atoms with Crippen molar-refractivity contribution in [2.24, 2.45) is 10.1 Å². The number of ether oxygens (including phenoxy) is 1. The monoisotopic (exact) mass is 409 g/mol. The predicted octanol–water partition coefficient (Wildman–Crippen LogP) is 5.01. The van der Waals surface area contributed by atoms with Crippen LogP contribution in [0.4, 0.5) is 0 Å². The summed E-state index contributed by atoms with van der Waals surface area (Å²) in [6.07, 6.45) is 4.17. The van der Waals surface area contributed by atoms with Gasteiger partial charge >= 0.3 is 0 Å². The normalized spacial score (nSPS) is 17.7. The first kappa shape index (κ1) is 19.9. The van der Waals surface area contributed by atoms with Gasteiger partial charge in [0.25, 0.3) is 0 Å². The van der Waals surface area contributed by atoms with Gasteiger partial charge in [0, 0.05) is 17.6 Å². The maximum absolute atomic E-state index is 5.73. The Kier molecular flexibility index (Phi) is 5.83. The first-order chi connectivity index (χ1) is 14.0. The van der Waals surface area contributed by atoms with Crippen LogP contribution in [0.25, 0.3) is 11.3 Å². The number of aryl methyl sites for hydroxylation is 4. The molecule has 0 radical (unpaired) electrons. The van der Waals surface area contributed by atoms with Gasteiger partial charge in [-0.15, -0.1) is 11.3 Å². The summed E-state index contributed by atoms with van der Waals surface area (Å²) < 4.78 is 13.3. The van der Waals surface area contributed by atoms with E-state index in [0.717, 1.165) is 41.5 Å². The third-order valence-corrected chi connectivity index (χ3v) is 6.17. The van der Waals surface area contributed by atoms with Gasteiger partial charge in [-0.2, -0.15) is 5.10 Å². The molecule has 0 N–H and O–H groups in total. The largest absolute Gasteiger partial charge is 0.460 e. The highest BCUT2D eigenvalue weighted by Gasteiger charge is 2.16. The maximum Gasteiger partial charge on any atom is 0.206 e. The van der Waals surface area contributed by atoms with Crippen molar-refractivity contribution in [3.63, 3.8) is 0 Å². The lowest BCUT2D eigenvalue weighted by molar-refractivity contribution is 0.117. The summed E-state index contributed by atoms with van der Waals surface area (Å²) in [6.45, 7) is 9.88. The second-order valence-corrected chi connectivity index (χ2v) is 8.47. The van der Waals surface area contributed by atoms with E-state index >= 15 is 0 Å². The molecular formula is C23H27N3O2S. The van der Waals surface area contributed by atoms with Crippen LogP contribution < -0.4 is 4.80 Å². The zero-order valence-electron chi connectivity index (χ0n) is 17.4. The Bertz CT molecular complexity index is 1100. The highest BCUT2D eigenvalue weighted by Crippen LogP contribution is 2.27. The molecule has 1 saturated heterocycles. The van der Waals surface area contributed by atoms with Gasteiger partial charge in [-0.25, -0.2) is 4.68 Å². The van der Waals surface area contributed by atoms with Gasteiger partial charge in [-0.05, 0) is 75.4 Å². The highest BCUT2D eigenvalue weighted by molar-refractivity contribution is 7.07. The quantitative estimate of drug-likeness (QED) is 0.557. The van der Waals surface area contributed by atoms with E-state index in [4.69, 9.17) is 19.2 Å². The summed E-state index contributed by atoms with van der Waals surface area (Å²) in [7, 11) is 0. The average molecular weight is 410 g/mol. The van der Waals surface area contributed by atoms with Crippen LogP contribution in [0.5, 0.6) is 0 Å². The van der Waals surface area contributed by atoms with E-state index in [0.29, 0.717) is 6.54 Å². The summed E-state index contributed by atoms with van der Waals surface area (Å²) in [5, 5.41) is 6.87. The first-order valence-corrected chi connectivity index (χ1v) is 10.9. The molecule has 5 nitrogen and oxygen atoms in total. The van der Waals surface area contributed by atoms with Crippen molar-refractivity contribution >= 4 is 17.6 Å². The van der Waals surface area contributed by atoms with Gasteiger partial charge in [-0.1, -0.05) is 6.07 Å². The molecule has 0 unspecified atom stereocenters. The first-order valence-electron chi connectivity index (χ1n) is 10.0. The molecular weight excluding hydrogens is 382 g/mol. The number of hydrogen-bond donors (Lipinski definition) is 0. The molecule has 4 rings (SSSR count). The zero-order chi connectivity index (χ0) is 20.4. The SMILES string of the molecule is Cc1ccc(/C=N\n2c(-c3cc(C)c(C)cc3C)csc2=NC[C@H]2CCCO2)o1. The number of furan rings is 1. The molecule has 1 atom stereocenters. The summed E-state index contributed by atoms with van der Waals surface area (Å²) >= 11 is 1.61. The van der Waals surface area contributed by atoms with Gasteiger partial charge in [0.15, 0.2) is 0 Å². The van der Waals surface area contributed by atoms with Gasteiger partial charge in [0.05, 0.1) is 24.6 Å². The number of thiazole rings is 1. The van der Waals surface area contributed by atoms with Crippen LogP contribution in [-0.4, -0.2) is 30.1 Å². The zero-order valence-corrected chi connectivity index (χ0v) is 18.3. The van der Waals surface area contributed by atoms with Crippen molar-refractivity contribution in [2.75, 3.05) is 13.2 Å². The lowest BCUT2D eigenvalue weighted by atomic mass is 9.99. The number of rotatable bonds is 5. The fraction of sp³-hybridized carbons (Fsp3) is 0.391. The van der Waals surface area contributed by atoms with Gasteiger partial charge in [-0.3, -0.25) is 4.99 Å². The molecule has 1 fully saturated rings. The molecule has 0 spiro atoms. The van der Waals surface area contributed by atoms with Crippen molar-refractivity contribution in [1.82, 2.24) is 4.68 Å². The molecule has 3 heterocycles. The van der Waals surface area contributed by atoms with E-state index in [9.17, 15) is 0 Å². The number of hydrogen-bond acceptors (Lipinski definition) is 5. The Labute approximate surface area is 175 Å². The molecule has 152 valence electrons. The molecule has 1 aliphatic rings. The summed E-state index contributed by atoms with van der Waals surface area (Å²) in [5.74, 6) is 1.60. The second-order valence-electron chi connectivity index (χ2n) is 7.64. The lowest BCUT2D eigenvalue weighted by Crippen LogP contribution is -2.17. The third kappa shape index (κ3) is 4.43. The summed E-state index contributed by atoms with van der Waals surface area (Å²) in [4.78, 5) is 5.70. The Morgan fingerprint density at radius 1 is 1.14 bits per heavy atom. The van der Waals surface area contributed by atoms with Crippen molar-refractivity contribution < 1.29 is 9.15 Å². The van der Waals surface area contributed by atoms with Crippen molar-refractivity contribution in [2.45, 2.75) is 46.6 Å². The Hall–Kier alpha value is -2.44. The molecule has 29 heavy (non-hydrogen) atoms. The summed E-state index contributed by atoms with van der Waals surface area (Å²) in [6, 6.07) is 8.34. The highest BCUT2D eigenvalue weighted by atomic mass is 32.1.